The van der Waals surface area contributed by atoms with Crippen LogP contribution in [0.4, 0.5) is 0 Å². The highest BCUT2D eigenvalue weighted by Crippen LogP contribution is 2.20. The van der Waals surface area contributed by atoms with E-state index in [0.717, 1.165) is 33.6 Å². The van der Waals surface area contributed by atoms with Crippen molar-refractivity contribution in [1.29, 1.82) is 0 Å². The third-order valence-electron chi connectivity index (χ3n) is 14.4. The molecule has 0 unspecified atom stereocenters. The van der Waals surface area contributed by atoms with Crippen LogP contribution in [0.2, 0.25) is 0 Å². The Bertz CT molecular complexity index is 4020. The fraction of sp³-hybridized carbons (Fsp3) is 0.278. The van der Waals surface area contributed by atoms with E-state index >= 15 is 0 Å². The highest BCUT2D eigenvalue weighted by molar-refractivity contribution is 5.87. The van der Waals surface area contributed by atoms with Gasteiger partial charge >= 0.3 is 0 Å². The number of aromatic nitrogens is 12. The molecular weight excluding hydrogens is 1330 g/mol. The molecule has 16 rings (SSSR count). The Balaban J connectivity index is 0. The Morgan fingerprint density at radius 1 is 0.193 bits per heavy atom. The van der Waals surface area contributed by atoms with Gasteiger partial charge in [-0.15, -0.1) is 0 Å². The van der Waals surface area contributed by atoms with Crippen molar-refractivity contribution in [1.82, 2.24) is 59.8 Å². The summed E-state index contributed by atoms with van der Waals surface area (Å²) in [5, 5.41) is 13.7. The van der Waals surface area contributed by atoms with Crippen molar-refractivity contribution in [2.24, 2.45) is 0 Å². The number of rotatable bonds is 0. The summed E-state index contributed by atoms with van der Waals surface area (Å²) in [5.41, 5.74) is 13.1. The van der Waals surface area contributed by atoms with Gasteiger partial charge in [-0.05, 0) is 171 Å². The summed E-state index contributed by atoms with van der Waals surface area (Å²) in [4.78, 5) is 47.9. The summed E-state index contributed by atoms with van der Waals surface area (Å²) in [5.74, 6) is 0.759. The van der Waals surface area contributed by atoms with Crippen molar-refractivity contribution in [2.45, 2.75) is 187 Å². The van der Waals surface area contributed by atoms with Gasteiger partial charge in [0.05, 0.1) is 16.6 Å². The molecule has 16 aromatic rings. The van der Waals surface area contributed by atoms with Crippen molar-refractivity contribution < 1.29 is 0 Å². The molecule has 9 aromatic heterocycles. The van der Waals surface area contributed by atoms with Gasteiger partial charge in [-0.25, -0.2) is 24.9 Å². The van der Waals surface area contributed by atoms with Crippen LogP contribution in [0, 0.1) is 62.3 Å². The van der Waals surface area contributed by atoms with Gasteiger partial charge in [0.2, 0.25) is 0 Å². The minimum Gasteiger partial charge on any atom is -0.264 e. The standard InChI is InChI=1S/7C10H9N.C5H6N2.C4H5N3.9C2H6/c1-8-4-2-6-10-9(8)5-3-7-11-10;1-8-4-2-5-9-6-3-7-11-10(8)9;1-8-3-2-4-9-7-11-6-5-10(8)9;1-8-3-2-4-9-5-6-11-7-10(8)9;1-8-6-11-7-9-4-2-3-5-10(8)9;1-8-10-5-3-2-4-9(10)6-7-11-8;1-8-6-7-11-10-5-3-2-4-9(8)10;1-5-2-6-4-7-3-5;1-4-6-2-5-3-7-4;9*1-2/h7*2-7H,1H3;2-4H,1H3;2-3H,1H3;9*1-2H3. The minimum absolute atomic E-state index is 0.759. The van der Waals surface area contributed by atoms with Gasteiger partial charge in [0.25, 0.3) is 0 Å². The Kier molecular flexibility index (Phi) is 59.2. The predicted molar refractivity (Wildman–Crippen MR) is 479 cm³/mol. The monoisotopic (exact) mass is 1460 g/mol. The molecule has 0 aliphatic heterocycles. The molecular formula is C97H128N12. The molecule has 0 spiro atoms. The SMILES string of the molecule is CC.CC.CC.CC.CC.CC.CC.CC.CC.Cc1cccc2cccnc12.Cc1cccc2ccncc12.Cc1cccc2cnccc12.Cc1cccc2ncccc12.Cc1ccnc2ccccc12.Cc1cncc2ccccc12.Cc1cncnc1.Cc1nccc2ccccc12.Cc1ncncn1. The van der Waals surface area contributed by atoms with Crippen molar-refractivity contribution in [2.75, 3.05) is 0 Å². The smallest absolute Gasteiger partial charge is 0.128 e. The van der Waals surface area contributed by atoms with Gasteiger partial charge < -0.3 is 0 Å². The lowest BCUT2D eigenvalue weighted by molar-refractivity contribution is 0.974. The van der Waals surface area contributed by atoms with E-state index in [4.69, 9.17) is 0 Å². The normalized spacial score (nSPS) is 8.87. The second-order valence-corrected chi connectivity index (χ2v) is 21.2. The van der Waals surface area contributed by atoms with Gasteiger partial charge in [0, 0.05) is 118 Å². The van der Waals surface area contributed by atoms with Crippen molar-refractivity contribution in [3.63, 3.8) is 0 Å². The molecule has 12 nitrogen and oxygen atoms in total. The number of benzene rings is 7. The van der Waals surface area contributed by atoms with E-state index < -0.39 is 0 Å². The lowest BCUT2D eigenvalue weighted by Crippen LogP contribution is -1.84. The summed E-state index contributed by atoms with van der Waals surface area (Å²) < 4.78 is 0. The average molecular weight is 1460 g/mol. The van der Waals surface area contributed by atoms with E-state index in [1.54, 1.807) is 12.4 Å². The van der Waals surface area contributed by atoms with Crippen LogP contribution in [0.5, 0.6) is 0 Å². The molecule has 0 saturated carbocycles. The molecule has 0 amide bonds. The molecule has 0 aliphatic rings. The number of pyridine rings is 7. The first-order valence-electron chi connectivity index (χ1n) is 38.8. The first kappa shape index (κ1) is 99.6. The summed E-state index contributed by atoms with van der Waals surface area (Å²) in [6, 6.07) is 65.9. The van der Waals surface area contributed by atoms with E-state index in [9.17, 15) is 0 Å². The third-order valence-corrected chi connectivity index (χ3v) is 14.4. The van der Waals surface area contributed by atoms with Crippen LogP contribution < -0.4 is 0 Å². The number of para-hydroxylation sites is 2. The Labute approximate surface area is 656 Å². The third kappa shape index (κ3) is 37.5. The summed E-state index contributed by atoms with van der Waals surface area (Å²) in [6.45, 7) is 54.4. The average Bonchev–Trinajstić information content (AvgIpc) is 0.897. The lowest BCUT2D eigenvalue weighted by atomic mass is 10.1. The van der Waals surface area contributed by atoms with E-state index in [-0.39, 0.29) is 0 Å². The number of hydrogen-bond acceptors (Lipinski definition) is 12. The highest BCUT2D eigenvalue weighted by atomic mass is 15.0. The number of hydrogen-bond donors (Lipinski definition) is 0. The predicted octanol–water partition coefficient (Wildman–Crippen LogP) is 28.0. The summed E-state index contributed by atoms with van der Waals surface area (Å²) in [7, 11) is 0. The summed E-state index contributed by atoms with van der Waals surface area (Å²) >= 11 is 0. The number of aryl methyl sites for hydroxylation is 9. The first-order chi connectivity index (χ1) is 53.4. The van der Waals surface area contributed by atoms with Crippen molar-refractivity contribution in [3.05, 3.63) is 338 Å². The zero-order valence-corrected chi connectivity index (χ0v) is 71.0. The quantitative estimate of drug-likeness (QED) is 0.142. The molecule has 576 valence electrons. The number of nitrogens with zero attached hydrogens (tertiary/aromatic N) is 12. The molecule has 12 heteroatoms. The van der Waals surface area contributed by atoms with E-state index in [1.807, 2.05) is 292 Å². The van der Waals surface area contributed by atoms with Gasteiger partial charge in [-0.3, -0.25) is 34.9 Å². The fourth-order valence-corrected chi connectivity index (χ4v) is 9.51. The zero-order valence-electron chi connectivity index (χ0n) is 71.0. The molecule has 0 N–H and O–H groups in total. The van der Waals surface area contributed by atoms with E-state index in [0.29, 0.717) is 0 Å². The zero-order chi connectivity index (χ0) is 82.0. The molecule has 0 fully saturated rings. The molecule has 0 bridgehead atoms. The lowest BCUT2D eigenvalue weighted by Gasteiger charge is -1.98. The van der Waals surface area contributed by atoms with E-state index in [1.165, 1.54) is 112 Å². The summed E-state index contributed by atoms with van der Waals surface area (Å²) in [6.07, 6.45) is 26.6. The molecule has 0 aliphatic carbocycles. The van der Waals surface area contributed by atoms with Crippen LogP contribution in [0.3, 0.4) is 0 Å². The van der Waals surface area contributed by atoms with Crippen molar-refractivity contribution in [3.8, 4) is 0 Å². The maximum absolute atomic E-state index is 4.28. The van der Waals surface area contributed by atoms with Gasteiger partial charge in [0.15, 0.2) is 0 Å². The Morgan fingerprint density at radius 3 is 1.12 bits per heavy atom. The molecule has 9 heterocycles. The molecule has 0 atom stereocenters. The second-order valence-electron chi connectivity index (χ2n) is 21.2. The highest BCUT2D eigenvalue weighted by Gasteiger charge is 1.99. The van der Waals surface area contributed by atoms with Gasteiger partial charge in [-0.1, -0.05) is 270 Å². The fourth-order valence-electron chi connectivity index (χ4n) is 9.51. The maximum Gasteiger partial charge on any atom is 0.128 e. The van der Waals surface area contributed by atoms with Crippen LogP contribution >= 0.6 is 0 Å². The molecule has 7 aromatic carbocycles. The molecule has 0 saturated heterocycles. The van der Waals surface area contributed by atoms with Gasteiger partial charge in [0.1, 0.15) is 24.8 Å². The van der Waals surface area contributed by atoms with Crippen LogP contribution in [0.15, 0.2) is 287 Å². The number of fused-ring (bicyclic) bond motifs is 7. The van der Waals surface area contributed by atoms with Crippen LogP contribution in [-0.4, -0.2) is 59.8 Å². The van der Waals surface area contributed by atoms with Crippen molar-refractivity contribution >= 4 is 75.8 Å². The van der Waals surface area contributed by atoms with Gasteiger partial charge in [-0.2, -0.15) is 0 Å². The van der Waals surface area contributed by atoms with E-state index in [2.05, 4.69) is 211 Å². The van der Waals surface area contributed by atoms with Crippen LogP contribution in [-0.2, 0) is 0 Å². The van der Waals surface area contributed by atoms with Crippen LogP contribution in [0.1, 0.15) is 175 Å². The van der Waals surface area contributed by atoms with Crippen LogP contribution in [0.25, 0.3) is 75.8 Å². The Morgan fingerprint density at radius 2 is 0.578 bits per heavy atom. The molecule has 109 heavy (non-hydrogen) atoms. The molecule has 0 radical (unpaired) electrons. The maximum atomic E-state index is 4.28. The minimum atomic E-state index is 0.759. The second kappa shape index (κ2) is 64.8. The first-order valence-corrected chi connectivity index (χ1v) is 38.8. The Hall–Kier alpha value is -11.5. The topological polar surface area (TPSA) is 155 Å². The largest absolute Gasteiger partial charge is 0.264 e.